The average Bonchev–Trinajstić information content (AvgIpc) is 3.17. The van der Waals surface area contributed by atoms with Crippen LogP contribution in [0.2, 0.25) is 0 Å². The Hall–Kier alpha value is -3.90. The smallest absolute Gasteiger partial charge is 0.0622 e. The fourth-order valence-corrected chi connectivity index (χ4v) is 5.68. The van der Waals surface area contributed by atoms with Gasteiger partial charge in [-0.15, -0.1) is 0 Å². The van der Waals surface area contributed by atoms with Gasteiger partial charge in [-0.05, 0) is 75.5 Å². The molecule has 33 heavy (non-hydrogen) atoms. The molecule has 0 radical (unpaired) electrons. The Kier molecular flexibility index (Phi) is 4.55. The Labute approximate surface area is 196 Å². The fourth-order valence-electron chi connectivity index (χ4n) is 5.68. The van der Waals surface area contributed by atoms with Gasteiger partial charge in [-0.25, -0.2) is 0 Å². The predicted octanol–water partition coefficient (Wildman–Crippen LogP) is 8.33. The Morgan fingerprint density at radius 2 is 1.03 bits per heavy atom. The number of hydrogen-bond acceptors (Lipinski definition) is 0. The first-order valence-corrected chi connectivity index (χ1v) is 11.6. The molecule has 0 spiro atoms. The maximum atomic E-state index is 2.41. The highest BCUT2D eigenvalue weighted by molar-refractivity contribution is 5.89. The van der Waals surface area contributed by atoms with Crippen molar-refractivity contribution in [3.05, 3.63) is 155 Å². The summed E-state index contributed by atoms with van der Waals surface area (Å²) < 4.78 is 0. The van der Waals surface area contributed by atoms with E-state index in [1.807, 2.05) is 0 Å². The molecular formula is C33H26. The van der Waals surface area contributed by atoms with E-state index >= 15 is 0 Å². The lowest BCUT2D eigenvalue weighted by Gasteiger charge is -2.33. The minimum Gasteiger partial charge on any atom is -0.0622 e. The number of hydrogen-bond donors (Lipinski definition) is 0. The first kappa shape index (κ1) is 19.8. The molecule has 0 atom stereocenters. The van der Waals surface area contributed by atoms with Crippen LogP contribution < -0.4 is 0 Å². The van der Waals surface area contributed by atoms with Crippen molar-refractivity contribution < 1.29 is 0 Å². The highest BCUT2D eigenvalue weighted by atomic mass is 14.5. The van der Waals surface area contributed by atoms with E-state index < -0.39 is 0 Å². The van der Waals surface area contributed by atoms with Crippen LogP contribution in [0.25, 0.3) is 22.3 Å². The zero-order chi connectivity index (χ0) is 22.4. The van der Waals surface area contributed by atoms with Crippen molar-refractivity contribution in [3.8, 4) is 22.3 Å². The van der Waals surface area contributed by atoms with Crippen molar-refractivity contribution in [2.24, 2.45) is 0 Å². The molecule has 158 valence electrons. The molecule has 0 N–H and O–H groups in total. The van der Waals surface area contributed by atoms with Gasteiger partial charge in [0.15, 0.2) is 0 Å². The van der Waals surface area contributed by atoms with E-state index in [2.05, 4.69) is 135 Å². The summed E-state index contributed by atoms with van der Waals surface area (Å²) in [5, 5.41) is 0. The van der Waals surface area contributed by atoms with E-state index in [1.165, 1.54) is 55.6 Å². The quantitative estimate of drug-likeness (QED) is 0.269. The Bertz CT molecular complexity index is 1420. The molecule has 6 rings (SSSR count). The third-order valence-corrected chi connectivity index (χ3v) is 7.37. The fraction of sp³-hybridized carbons (Fsp3) is 0.0909. The van der Waals surface area contributed by atoms with E-state index in [0.717, 1.165) is 0 Å². The average molecular weight is 423 g/mol. The SMILES string of the molecule is Cc1cccc(-c2ccc3c(c2)-c2ccccc2C3(c2ccccc2)c2ccccc2)c1C. The van der Waals surface area contributed by atoms with Crippen molar-refractivity contribution in [1.82, 2.24) is 0 Å². The molecule has 5 aromatic rings. The summed E-state index contributed by atoms with van der Waals surface area (Å²) in [7, 11) is 0. The molecule has 0 heteroatoms. The van der Waals surface area contributed by atoms with Gasteiger partial charge in [0, 0.05) is 0 Å². The van der Waals surface area contributed by atoms with Gasteiger partial charge in [-0.1, -0.05) is 115 Å². The maximum Gasteiger partial charge on any atom is 0.0713 e. The number of aryl methyl sites for hydroxylation is 1. The van der Waals surface area contributed by atoms with Crippen LogP contribution in [-0.4, -0.2) is 0 Å². The molecule has 0 nitrogen and oxygen atoms in total. The van der Waals surface area contributed by atoms with Crippen LogP contribution in [0.5, 0.6) is 0 Å². The van der Waals surface area contributed by atoms with Gasteiger partial charge < -0.3 is 0 Å². The van der Waals surface area contributed by atoms with Crippen molar-refractivity contribution in [3.63, 3.8) is 0 Å². The third-order valence-electron chi connectivity index (χ3n) is 7.37. The van der Waals surface area contributed by atoms with Gasteiger partial charge in [-0.3, -0.25) is 0 Å². The molecule has 0 amide bonds. The first-order valence-electron chi connectivity index (χ1n) is 11.6. The van der Waals surface area contributed by atoms with E-state index in [1.54, 1.807) is 0 Å². The molecule has 0 aromatic heterocycles. The van der Waals surface area contributed by atoms with Crippen LogP contribution in [0, 0.1) is 13.8 Å². The van der Waals surface area contributed by atoms with Gasteiger partial charge in [0.2, 0.25) is 0 Å². The summed E-state index contributed by atoms with van der Waals surface area (Å²) in [5.41, 5.74) is 12.9. The van der Waals surface area contributed by atoms with Crippen LogP contribution in [0.1, 0.15) is 33.4 Å². The molecule has 5 aromatic carbocycles. The van der Waals surface area contributed by atoms with Crippen molar-refractivity contribution in [2.75, 3.05) is 0 Å². The first-order chi connectivity index (χ1) is 16.2. The van der Waals surface area contributed by atoms with Crippen LogP contribution in [0.4, 0.5) is 0 Å². The lowest BCUT2D eigenvalue weighted by Crippen LogP contribution is -2.28. The van der Waals surface area contributed by atoms with Gasteiger partial charge in [0.05, 0.1) is 5.41 Å². The summed E-state index contributed by atoms with van der Waals surface area (Å²) in [6.45, 7) is 4.42. The Morgan fingerprint density at radius 1 is 0.455 bits per heavy atom. The molecule has 0 bridgehead atoms. The van der Waals surface area contributed by atoms with Crippen LogP contribution >= 0.6 is 0 Å². The zero-order valence-corrected chi connectivity index (χ0v) is 19.0. The van der Waals surface area contributed by atoms with Crippen molar-refractivity contribution in [1.29, 1.82) is 0 Å². The zero-order valence-electron chi connectivity index (χ0n) is 19.0. The van der Waals surface area contributed by atoms with Gasteiger partial charge in [-0.2, -0.15) is 0 Å². The van der Waals surface area contributed by atoms with E-state index in [9.17, 15) is 0 Å². The lowest BCUT2D eigenvalue weighted by atomic mass is 9.67. The van der Waals surface area contributed by atoms with Gasteiger partial charge in [0.25, 0.3) is 0 Å². The normalized spacial score (nSPS) is 13.4. The van der Waals surface area contributed by atoms with Crippen LogP contribution in [-0.2, 0) is 5.41 Å². The highest BCUT2D eigenvalue weighted by Gasteiger charge is 2.45. The molecular weight excluding hydrogens is 396 g/mol. The summed E-state index contributed by atoms with van der Waals surface area (Å²) in [5.74, 6) is 0. The van der Waals surface area contributed by atoms with Crippen LogP contribution in [0.3, 0.4) is 0 Å². The summed E-state index contributed by atoms with van der Waals surface area (Å²) >= 11 is 0. The third kappa shape index (κ3) is 2.84. The standard InChI is InChI=1S/C33H26/c1-23-12-11-18-28(24(23)2)25-20-21-32-30(22-25)29-17-9-10-19-31(29)33(32,26-13-5-3-6-14-26)27-15-7-4-8-16-27/h3-22H,1-2H3. The minimum absolute atomic E-state index is 0.325. The monoisotopic (exact) mass is 422 g/mol. The second-order valence-electron chi connectivity index (χ2n) is 9.04. The second-order valence-corrected chi connectivity index (χ2v) is 9.04. The maximum absolute atomic E-state index is 2.41. The predicted molar refractivity (Wildman–Crippen MR) is 139 cm³/mol. The minimum atomic E-state index is -0.325. The Morgan fingerprint density at radius 3 is 1.73 bits per heavy atom. The van der Waals surface area contributed by atoms with E-state index in [0.29, 0.717) is 0 Å². The number of benzene rings is 5. The molecule has 0 unspecified atom stereocenters. The summed E-state index contributed by atoms with van der Waals surface area (Å²) in [6, 6.07) is 44.6. The van der Waals surface area contributed by atoms with Crippen molar-refractivity contribution in [2.45, 2.75) is 19.3 Å². The Balaban J connectivity index is 1.70. The topological polar surface area (TPSA) is 0 Å². The second kappa shape index (κ2) is 7.60. The molecule has 1 aliphatic rings. The molecule has 0 saturated carbocycles. The van der Waals surface area contributed by atoms with Gasteiger partial charge in [0.1, 0.15) is 0 Å². The molecule has 1 aliphatic carbocycles. The molecule has 0 heterocycles. The van der Waals surface area contributed by atoms with E-state index in [-0.39, 0.29) is 5.41 Å². The number of fused-ring (bicyclic) bond motifs is 3. The van der Waals surface area contributed by atoms with Crippen molar-refractivity contribution >= 4 is 0 Å². The van der Waals surface area contributed by atoms with Crippen LogP contribution in [0.15, 0.2) is 121 Å². The molecule has 0 saturated heterocycles. The van der Waals surface area contributed by atoms with E-state index in [4.69, 9.17) is 0 Å². The summed E-state index contributed by atoms with van der Waals surface area (Å²) in [4.78, 5) is 0. The molecule has 0 aliphatic heterocycles. The largest absolute Gasteiger partial charge is 0.0713 e. The highest BCUT2D eigenvalue weighted by Crippen LogP contribution is 2.56. The molecule has 0 fully saturated rings. The number of rotatable bonds is 3. The lowest BCUT2D eigenvalue weighted by molar-refractivity contribution is 0.768. The van der Waals surface area contributed by atoms with Gasteiger partial charge >= 0.3 is 0 Å². The summed E-state index contributed by atoms with van der Waals surface area (Å²) in [6.07, 6.45) is 0.